The Balaban J connectivity index is 0.000000497. The Labute approximate surface area is 335 Å². The van der Waals surface area contributed by atoms with Gasteiger partial charge in [-0.1, -0.05) is 130 Å². The maximum absolute atomic E-state index is 11.7. The molecule has 0 bridgehead atoms. The van der Waals surface area contributed by atoms with Crippen molar-refractivity contribution < 1.29 is 30.0 Å². The van der Waals surface area contributed by atoms with Crippen molar-refractivity contribution in [2.75, 3.05) is 0 Å². The number of aliphatic hydroxyl groups excluding tert-OH is 1. The van der Waals surface area contributed by atoms with Crippen LogP contribution >= 0.6 is 11.3 Å². The monoisotopic (exact) mass is 920 g/mol. The Kier molecular flexibility index (Phi) is 18.6. The molecule has 2 aromatic heterocycles. The van der Waals surface area contributed by atoms with E-state index in [4.69, 9.17) is 9.97 Å². The fourth-order valence-electron chi connectivity index (χ4n) is 8.24. The quantitative estimate of drug-likeness (QED) is 0.0526. The number of ketones is 1. The number of aliphatic hydroxyl groups is 1. The van der Waals surface area contributed by atoms with Crippen molar-refractivity contribution in [1.29, 1.82) is 0 Å². The summed E-state index contributed by atoms with van der Waals surface area (Å²) in [6.45, 7) is 29.4. The standard InChI is InChI=1S/C32H43N2SSi.C13H24O2.Ir/c1-20(2)16-36(17-21(3)4,18-22(5)6)32-24(9)29-31(35-32)30(34-19-33-29)26-14-25-12-10-11-13-27(25)28(15-26)23(7)8;1-5-10(6-2)12(14)9-13(15)11(7-3)8-4;/h10-13,15,19-23H,16-18H2,1-9H3;9-11,14H,5-8H2,1-4H3;/q-1;;/b;12-9-;. The number of thiophene rings is 1. The summed E-state index contributed by atoms with van der Waals surface area (Å²) in [5.74, 6) is 3.08. The average Bonchev–Trinajstić information content (AvgIpc) is 3.41. The second-order valence-corrected chi connectivity index (χ2v) is 22.0. The Hall–Kier alpha value is -2.18. The normalized spacial score (nSPS) is 12.5. The van der Waals surface area contributed by atoms with Crippen LogP contribution in [0.15, 0.2) is 48.5 Å². The van der Waals surface area contributed by atoms with E-state index in [9.17, 15) is 9.90 Å². The van der Waals surface area contributed by atoms with Crippen molar-refractivity contribution in [3.8, 4) is 11.3 Å². The van der Waals surface area contributed by atoms with Gasteiger partial charge in [0.2, 0.25) is 0 Å². The zero-order chi connectivity index (χ0) is 38.0. The molecule has 1 N–H and O–H groups in total. The number of aromatic nitrogens is 2. The minimum Gasteiger partial charge on any atom is -0.512 e. The molecule has 4 aromatic rings. The molecule has 7 heteroatoms. The van der Waals surface area contributed by atoms with Crippen molar-refractivity contribution >= 4 is 50.7 Å². The molecule has 0 amide bonds. The van der Waals surface area contributed by atoms with E-state index in [0.717, 1.165) is 42.5 Å². The number of rotatable bonds is 16. The Bertz CT molecular complexity index is 1720. The molecule has 2 aromatic carbocycles. The average molecular weight is 920 g/mol. The smallest absolute Gasteiger partial charge is 0.162 e. The van der Waals surface area contributed by atoms with Crippen molar-refractivity contribution in [3.63, 3.8) is 0 Å². The Morgan fingerprint density at radius 3 is 1.88 bits per heavy atom. The van der Waals surface area contributed by atoms with Gasteiger partial charge in [0.05, 0.1) is 11.3 Å². The first-order valence-corrected chi connectivity index (χ1v) is 23.2. The Morgan fingerprint density at radius 1 is 0.846 bits per heavy atom. The number of carbonyl (C=O) groups is 1. The summed E-state index contributed by atoms with van der Waals surface area (Å²) in [7, 11) is -1.74. The minimum atomic E-state index is -1.74. The number of hydrogen-bond donors (Lipinski definition) is 1. The maximum Gasteiger partial charge on any atom is 0.162 e. The molecule has 0 aliphatic heterocycles. The molecule has 0 saturated heterocycles. The molecule has 0 spiro atoms. The minimum absolute atomic E-state index is 0. The number of allylic oxidation sites excluding steroid dienone is 2. The predicted octanol–water partition coefficient (Wildman–Crippen LogP) is 13.2. The van der Waals surface area contributed by atoms with Gasteiger partial charge < -0.3 is 5.11 Å². The van der Waals surface area contributed by atoms with Crippen LogP contribution in [0.2, 0.25) is 18.1 Å². The SMILES string of the molecule is CCC(CC)C(=O)/C=C(\O)C(CC)CC.Cc1c([Si](CC(C)C)(CC(C)C)CC(C)C)sc2c(-c3[c-]c4ccccc4c(C(C)C)c3)ncnc12.[Ir]. The zero-order valence-electron chi connectivity index (χ0n) is 34.4. The molecule has 0 unspecified atom stereocenters. The van der Waals surface area contributed by atoms with E-state index in [2.05, 4.69) is 98.7 Å². The summed E-state index contributed by atoms with van der Waals surface area (Å²) in [6.07, 6.45) is 6.68. The summed E-state index contributed by atoms with van der Waals surface area (Å²) >= 11 is 2.01. The van der Waals surface area contributed by atoms with E-state index < -0.39 is 8.07 Å². The molecule has 52 heavy (non-hydrogen) atoms. The van der Waals surface area contributed by atoms with Crippen molar-refractivity contribution in [2.45, 2.75) is 140 Å². The molecular weight excluding hydrogens is 853 g/mol. The molecule has 2 heterocycles. The number of hydrogen-bond acceptors (Lipinski definition) is 5. The number of benzene rings is 2. The van der Waals surface area contributed by atoms with Gasteiger partial charge in [0.25, 0.3) is 0 Å². The molecular formula is C45H67IrN2O2SSi-. The maximum atomic E-state index is 11.7. The number of nitrogens with zero attached hydrogens (tertiary/aromatic N) is 2. The molecule has 0 atom stereocenters. The van der Waals surface area contributed by atoms with Crippen LogP contribution in [0.1, 0.15) is 126 Å². The van der Waals surface area contributed by atoms with Crippen LogP contribution < -0.4 is 4.50 Å². The second kappa shape index (κ2) is 21.1. The third kappa shape index (κ3) is 11.4. The number of fused-ring (bicyclic) bond motifs is 2. The fourth-order valence-corrected chi connectivity index (χ4v) is 17.8. The summed E-state index contributed by atoms with van der Waals surface area (Å²) in [5.41, 5.74) is 6.08. The van der Waals surface area contributed by atoms with E-state index >= 15 is 0 Å². The van der Waals surface area contributed by atoms with Crippen molar-refractivity contribution in [1.82, 2.24) is 9.97 Å². The van der Waals surface area contributed by atoms with Gasteiger partial charge in [-0.15, -0.1) is 40.5 Å². The van der Waals surface area contributed by atoms with Gasteiger partial charge in [-0.25, -0.2) is 4.98 Å². The topological polar surface area (TPSA) is 63.1 Å². The van der Waals surface area contributed by atoms with Crippen LogP contribution in [0.4, 0.5) is 0 Å². The molecule has 4 rings (SSSR count). The number of carbonyl (C=O) groups excluding carboxylic acids is 1. The number of aryl methyl sites for hydroxylation is 1. The van der Waals surface area contributed by atoms with Gasteiger partial charge in [-0.3, -0.25) is 9.78 Å². The van der Waals surface area contributed by atoms with Gasteiger partial charge in [0.1, 0.15) is 14.4 Å². The first-order chi connectivity index (χ1) is 24.1. The molecule has 0 aliphatic rings. The largest absolute Gasteiger partial charge is 0.512 e. The van der Waals surface area contributed by atoms with Crippen LogP contribution in [0.3, 0.4) is 0 Å². The van der Waals surface area contributed by atoms with Crippen molar-refractivity contribution in [2.24, 2.45) is 29.6 Å². The third-order valence-electron chi connectivity index (χ3n) is 10.3. The first-order valence-electron chi connectivity index (χ1n) is 19.8. The fraction of sp³-hybridized carbons (Fsp3) is 0.578. The predicted molar refractivity (Wildman–Crippen MR) is 226 cm³/mol. The van der Waals surface area contributed by atoms with E-state index in [-0.39, 0.29) is 43.5 Å². The van der Waals surface area contributed by atoms with Gasteiger partial charge in [-0.05, 0) is 66.3 Å². The van der Waals surface area contributed by atoms with E-state index in [0.29, 0.717) is 23.7 Å². The van der Waals surface area contributed by atoms with Gasteiger partial charge >= 0.3 is 0 Å². The van der Waals surface area contributed by atoms with Crippen LogP contribution in [0.5, 0.6) is 0 Å². The van der Waals surface area contributed by atoms with E-state index in [1.54, 1.807) is 10.8 Å². The molecule has 1 radical (unpaired) electrons. The summed E-state index contributed by atoms with van der Waals surface area (Å²) in [6, 6.07) is 18.7. The van der Waals surface area contributed by atoms with Crippen LogP contribution in [0.25, 0.3) is 32.2 Å². The zero-order valence-corrected chi connectivity index (χ0v) is 38.7. The van der Waals surface area contributed by atoms with Gasteiger partial charge in [-0.2, -0.15) is 0 Å². The molecule has 289 valence electrons. The summed E-state index contributed by atoms with van der Waals surface area (Å²) in [5, 5.41) is 12.2. The second-order valence-electron chi connectivity index (χ2n) is 16.4. The van der Waals surface area contributed by atoms with Crippen LogP contribution in [-0.2, 0) is 24.9 Å². The Morgan fingerprint density at radius 2 is 1.38 bits per heavy atom. The van der Waals surface area contributed by atoms with E-state index in [1.165, 1.54) is 50.8 Å². The summed E-state index contributed by atoms with van der Waals surface area (Å²) in [4.78, 5) is 21.5. The molecule has 0 saturated carbocycles. The summed E-state index contributed by atoms with van der Waals surface area (Å²) < 4.78 is 2.92. The van der Waals surface area contributed by atoms with Gasteiger partial charge in [0, 0.05) is 48.4 Å². The molecule has 0 aliphatic carbocycles. The van der Waals surface area contributed by atoms with Crippen LogP contribution in [-0.4, -0.2) is 28.9 Å². The molecule has 0 fully saturated rings. The van der Waals surface area contributed by atoms with Crippen molar-refractivity contribution in [3.05, 3.63) is 65.7 Å². The van der Waals surface area contributed by atoms with Gasteiger partial charge in [0.15, 0.2) is 5.78 Å². The van der Waals surface area contributed by atoms with E-state index in [1.807, 2.05) is 39.0 Å². The van der Waals surface area contributed by atoms with Crippen LogP contribution in [0, 0.1) is 42.6 Å². The third-order valence-corrected chi connectivity index (χ3v) is 19.2. The molecule has 4 nitrogen and oxygen atoms in total. The first kappa shape index (κ1) is 46.0.